The monoisotopic (exact) mass is 554 g/mol. The van der Waals surface area contributed by atoms with Gasteiger partial charge in [0.15, 0.2) is 5.78 Å². The second kappa shape index (κ2) is 19.1. The first-order chi connectivity index (χ1) is 18.0. The second-order valence-electron chi connectivity index (χ2n) is 7.47. The fraction of sp³-hybridized carbons (Fsp3) is 0.355. The summed E-state index contributed by atoms with van der Waals surface area (Å²) in [6.45, 7) is 19.4. The Morgan fingerprint density at radius 3 is 2.05 bits per heavy atom. The van der Waals surface area contributed by atoms with Gasteiger partial charge in [0, 0.05) is 17.0 Å². The Labute approximate surface area is 230 Å². The number of alkyl halides is 3. The van der Waals surface area contributed by atoms with Crippen LogP contribution in [-0.2, 0) is 15.8 Å². The number of ketones is 1. The van der Waals surface area contributed by atoms with Gasteiger partial charge < -0.3 is 4.79 Å². The van der Waals surface area contributed by atoms with Gasteiger partial charge in [-0.1, -0.05) is 71.9 Å². The molecule has 0 radical (unpaired) electrons. The number of carbonyl (C=O) groups excluding carboxylic acids is 2. The molecule has 0 fully saturated rings. The molecular weight excluding hydrogens is 516 g/mol. The molecule has 0 saturated heterocycles. The first-order valence-electron chi connectivity index (χ1n) is 12.5. The van der Waals surface area contributed by atoms with Crippen molar-refractivity contribution >= 4 is 35.3 Å². The van der Waals surface area contributed by atoms with Crippen molar-refractivity contribution in [3.63, 3.8) is 0 Å². The van der Waals surface area contributed by atoms with Crippen LogP contribution in [0.25, 0.3) is 11.1 Å². The average Bonchev–Trinajstić information content (AvgIpc) is 2.90. The highest BCUT2D eigenvalue weighted by atomic mass is 35.5. The zero-order valence-corrected chi connectivity index (χ0v) is 24.1. The lowest BCUT2D eigenvalue weighted by molar-refractivity contribution is -0.137. The Bertz CT molecular complexity index is 1100. The maximum absolute atomic E-state index is 13.8. The minimum absolute atomic E-state index is 0.0678. The molecular formula is C31H39ClF4O2. The molecule has 0 aliphatic heterocycles. The van der Waals surface area contributed by atoms with Crippen molar-refractivity contribution < 1.29 is 27.2 Å². The Balaban J connectivity index is 0. The largest absolute Gasteiger partial charge is 0.416 e. The zero-order chi connectivity index (χ0) is 30.1. The van der Waals surface area contributed by atoms with Crippen molar-refractivity contribution in [1.82, 2.24) is 0 Å². The van der Waals surface area contributed by atoms with Crippen LogP contribution in [0.5, 0.6) is 0 Å². The lowest BCUT2D eigenvalue weighted by Gasteiger charge is -2.13. The van der Waals surface area contributed by atoms with Gasteiger partial charge in [0.1, 0.15) is 12.6 Å². The third-order valence-corrected chi connectivity index (χ3v) is 5.27. The number of hydrogen-bond acceptors (Lipinski definition) is 2. The van der Waals surface area contributed by atoms with E-state index in [1.165, 1.54) is 6.08 Å². The van der Waals surface area contributed by atoms with Gasteiger partial charge in [-0.2, -0.15) is 13.2 Å². The van der Waals surface area contributed by atoms with Crippen molar-refractivity contribution in [2.45, 2.75) is 73.9 Å². The van der Waals surface area contributed by atoms with E-state index < -0.39 is 17.6 Å². The number of aryl methyl sites for hydroxylation is 1. The quantitative estimate of drug-likeness (QED) is 0.185. The van der Waals surface area contributed by atoms with Crippen LogP contribution >= 0.6 is 11.6 Å². The van der Waals surface area contributed by atoms with E-state index in [9.17, 15) is 22.4 Å². The summed E-state index contributed by atoms with van der Waals surface area (Å²) < 4.78 is 53.0. The Hall–Kier alpha value is -2.99. The Kier molecular flexibility index (Phi) is 18.7. The number of allylic oxidation sites excluding steroid dienone is 5. The highest BCUT2D eigenvalue weighted by Gasteiger charge is 2.31. The van der Waals surface area contributed by atoms with Gasteiger partial charge in [0.2, 0.25) is 0 Å². The van der Waals surface area contributed by atoms with Crippen LogP contribution in [0.3, 0.4) is 0 Å². The number of hydrogen-bond donors (Lipinski definition) is 0. The van der Waals surface area contributed by atoms with E-state index in [1.54, 1.807) is 19.1 Å². The number of benzene rings is 2. The molecule has 0 unspecified atom stereocenters. The van der Waals surface area contributed by atoms with Gasteiger partial charge in [-0.15, -0.1) is 0 Å². The summed E-state index contributed by atoms with van der Waals surface area (Å²) in [7, 11) is 0. The summed E-state index contributed by atoms with van der Waals surface area (Å²) in [6, 6.07) is 7.81. The molecule has 210 valence electrons. The molecule has 0 atom stereocenters. The number of rotatable bonds is 8. The van der Waals surface area contributed by atoms with Crippen LogP contribution in [0, 0.1) is 12.7 Å². The van der Waals surface area contributed by atoms with Crippen molar-refractivity contribution in [2.75, 3.05) is 0 Å². The highest BCUT2D eigenvalue weighted by molar-refractivity contribution is 6.30. The zero-order valence-electron chi connectivity index (χ0n) is 23.4. The molecule has 7 heteroatoms. The molecule has 0 aliphatic carbocycles. The maximum atomic E-state index is 13.8. The van der Waals surface area contributed by atoms with Gasteiger partial charge in [0.25, 0.3) is 0 Å². The fourth-order valence-corrected chi connectivity index (χ4v) is 3.54. The van der Waals surface area contributed by atoms with E-state index in [2.05, 4.69) is 6.58 Å². The highest BCUT2D eigenvalue weighted by Crippen LogP contribution is 2.33. The van der Waals surface area contributed by atoms with Crippen LogP contribution in [0.1, 0.15) is 83.1 Å². The summed E-state index contributed by atoms with van der Waals surface area (Å²) in [4.78, 5) is 20.9. The van der Waals surface area contributed by atoms with Crippen LogP contribution in [0.4, 0.5) is 17.6 Å². The van der Waals surface area contributed by atoms with Gasteiger partial charge in [0.05, 0.1) is 5.56 Å². The summed E-state index contributed by atoms with van der Waals surface area (Å²) >= 11 is 6.12. The molecule has 2 rings (SSSR count). The molecule has 0 aliphatic rings. The van der Waals surface area contributed by atoms with Gasteiger partial charge in [-0.05, 0) is 84.0 Å². The van der Waals surface area contributed by atoms with Crippen LogP contribution < -0.4 is 0 Å². The first-order valence-corrected chi connectivity index (χ1v) is 12.9. The van der Waals surface area contributed by atoms with Crippen molar-refractivity contribution in [2.24, 2.45) is 0 Å². The molecule has 2 aromatic carbocycles. The smallest absolute Gasteiger partial charge is 0.307 e. The van der Waals surface area contributed by atoms with E-state index >= 15 is 0 Å². The minimum atomic E-state index is -4.67. The summed E-state index contributed by atoms with van der Waals surface area (Å²) in [5, 5.41) is 0.554. The van der Waals surface area contributed by atoms with Crippen LogP contribution in [0.15, 0.2) is 60.7 Å². The Morgan fingerprint density at radius 2 is 1.55 bits per heavy atom. The molecule has 0 heterocycles. The third kappa shape index (κ3) is 12.0. The molecule has 0 aromatic heterocycles. The lowest BCUT2D eigenvalue weighted by Crippen LogP contribution is -2.07. The number of halogens is 5. The van der Waals surface area contributed by atoms with Gasteiger partial charge in [-0.3, -0.25) is 4.79 Å². The van der Waals surface area contributed by atoms with Crippen molar-refractivity contribution in [3.8, 4) is 0 Å². The molecule has 0 saturated carbocycles. The molecule has 38 heavy (non-hydrogen) atoms. The number of carbonyl (C=O) groups is 2. The Morgan fingerprint density at radius 1 is 0.974 bits per heavy atom. The topological polar surface area (TPSA) is 34.1 Å². The van der Waals surface area contributed by atoms with Gasteiger partial charge in [-0.25, -0.2) is 4.39 Å². The van der Waals surface area contributed by atoms with Crippen molar-refractivity contribution in [3.05, 3.63) is 93.8 Å². The maximum Gasteiger partial charge on any atom is 0.416 e. The summed E-state index contributed by atoms with van der Waals surface area (Å²) in [5.74, 6) is -1.27. The molecule has 0 spiro atoms. The normalized spacial score (nSPS) is 11.2. The SMILES string of the molecule is C=C(/C=C(\CC)c1cc(F)cc(C(F)(F)F)c1)C(=O)C/C(=C\CC)c1cc(Cl)ccc1C.C=O.CC.CC. The summed E-state index contributed by atoms with van der Waals surface area (Å²) in [6.07, 6.45) is -0.212. The van der Waals surface area contributed by atoms with E-state index in [-0.39, 0.29) is 23.3 Å². The minimum Gasteiger partial charge on any atom is -0.307 e. The van der Waals surface area contributed by atoms with Crippen LogP contribution in [-0.4, -0.2) is 12.6 Å². The molecule has 0 bridgehead atoms. The first kappa shape index (κ1) is 37.2. The second-order valence-corrected chi connectivity index (χ2v) is 7.91. The molecule has 2 nitrogen and oxygen atoms in total. The van der Waals surface area contributed by atoms with E-state index in [1.807, 2.05) is 60.5 Å². The predicted molar refractivity (Wildman–Crippen MR) is 153 cm³/mol. The predicted octanol–water partition coefficient (Wildman–Crippen LogP) is 10.5. The van der Waals surface area contributed by atoms with E-state index in [4.69, 9.17) is 16.4 Å². The average molecular weight is 555 g/mol. The third-order valence-electron chi connectivity index (χ3n) is 5.03. The molecule has 0 N–H and O–H groups in total. The summed E-state index contributed by atoms with van der Waals surface area (Å²) in [5.41, 5.74) is 2.17. The lowest BCUT2D eigenvalue weighted by atomic mass is 9.92. The standard InChI is InChI=1S/C26H25ClF4O.2C2H6.CH2O/c1-5-7-19(24-15-22(27)9-8-16(24)3)13-25(32)17(4)10-18(6-2)20-11-21(26(29,30)31)14-23(28)12-20;3*1-2/h7-12,14-15H,4-6,13H2,1-3H3;2*1-2H3;1H2/b18-10+,19-7+;;;. The van der Waals surface area contributed by atoms with E-state index in [0.29, 0.717) is 29.5 Å². The van der Waals surface area contributed by atoms with Gasteiger partial charge >= 0.3 is 6.18 Å². The molecule has 0 amide bonds. The van der Waals surface area contributed by atoms with Crippen molar-refractivity contribution in [1.29, 1.82) is 0 Å². The number of Topliss-reactive ketones (excluding diaryl/α,β-unsaturated/α-hetero) is 1. The van der Waals surface area contributed by atoms with E-state index in [0.717, 1.165) is 28.8 Å². The molecule has 2 aromatic rings. The van der Waals surface area contributed by atoms with Crippen LogP contribution in [0.2, 0.25) is 5.02 Å². The fourth-order valence-electron chi connectivity index (χ4n) is 3.37.